The molecule has 1 N–H and O–H groups in total. The molecule has 5 nitrogen and oxygen atoms in total. The van der Waals surface area contributed by atoms with E-state index in [1.165, 1.54) is 5.69 Å². The fourth-order valence-corrected chi connectivity index (χ4v) is 3.25. The number of carbonyl (C=O) groups is 2. The Labute approximate surface area is 153 Å². The van der Waals surface area contributed by atoms with Gasteiger partial charge in [0.1, 0.15) is 0 Å². The average Bonchev–Trinajstić information content (AvgIpc) is 3.52. The average molecular weight is 349 g/mol. The van der Waals surface area contributed by atoms with Crippen LogP contribution < -0.4 is 10.2 Å². The van der Waals surface area contributed by atoms with Crippen LogP contribution in [0, 0.1) is 0 Å². The van der Waals surface area contributed by atoms with Crippen molar-refractivity contribution in [3.05, 3.63) is 65.7 Å². The van der Waals surface area contributed by atoms with E-state index in [1.807, 2.05) is 23.1 Å². The number of nitrogens with zero attached hydrogens (tertiary/aromatic N) is 2. The highest BCUT2D eigenvalue weighted by atomic mass is 16.2. The van der Waals surface area contributed by atoms with E-state index in [4.69, 9.17) is 0 Å². The molecule has 0 spiro atoms. The van der Waals surface area contributed by atoms with E-state index < -0.39 is 0 Å². The lowest BCUT2D eigenvalue weighted by Gasteiger charge is -2.36. The topological polar surface area (TPSA) is 52.7 Å². The molecule has 0 radical (unpaired) electrons. The Kier molecular flexibility index (Phi) is 4.61. The third-order valence-corrected chi connectivity index (χ3v) is 4.99. The van der Waals surface area contributed by atoms with Gasteiger partial charge in [0.25, 0.3) is 11.8 Å². The van der Waals surface area contributed by atoms with Gasteiger partial charge in [-0.15, -0.1) is 0 Å². The molecule has 0 atom stereocenters. The van der Waals surface area contributed by atoms with Gasteiger partial charge in [-0.3, -0.25) is 9.59 Å². The summed E-state index contributed by atoms with van der Waals surface area (Å²) in [5, 5.41) is 2.96. The van der Waals surface area contributed by atoms with Gasteiger partial charge in [-0.25, -0.2) is 0 Å². The van der Waals surface area contributed by atoms with E-state index in [-0.39, 0.29) is 11.8 Å². The molecule has 5 heteroatoms. The van der Waals surface area contributed by atoms with Crippen molar-refractivity contribution in [3.8, 4) is 0 Å². The summed E-state index contributed by atoms with van der Waals surface area (Å²) < 4.78 is 0. The van der Waals surface area contributed by atoms with E-state index in [0.717, 1.165) is 25.9 Å². The number of benzene rings is 2. The van der Waals surface area contributed by atoms with Crippen LogP contribution in [0.2, 0.25) is 0 Å². The van der Waals surface area contributed by atoms with Crippen LogP contribution in [-0.4, -0.2) is 48.9 Å². The molecular formula is C21H23N3O2. The molecule has 4 rings (SSSR count). The summed E-state index contributed by atoms with van der Waals surface area (Å²) in [6, 6.07) is 17.6. The first-order valence-corrected chi connectivity index (χ1v) is 9.21. The predicted molar refractivity (Wildman–Crippen MR) is 101 cm³/mol. The number of anilines is 1. The van der Waals surface area contributed by atoms with Crippen molar-refractivity contribution in [3.63, 3.8) is 0 Å². The molecule has 2 amide bonds. The maximum atomic E-state index is 12.7. The Morgan fingerprint density at radius 2 is 1.42 bits per heavy atom. The van der Waals surface area contributed by atoms with Gasteiger partial charge in [0.2, 0.25) is 0 Å². The first-order chi connectivity index (χ1) is 12.7. The van der Waals surface area contributed by atoms with Crippen LogP contribution in [0.3, 0.4) is 0 Å². The summed E-state index contributed by atoms with van der Waals surface area (Å²) in [5.41, 5.74) is 2.45. The smallest absolute Gasteiger partial charge is 0.253 e. The number of nitrogens with one attached hydrogen (secondary N) is 1. The van der Waals surface area contributed by atoms with Crippen molar-refractivity contribution < 1.29 is 9.59 Å². The maximum absolute atomic E-state index is 12.7. The van der Waals surface area contributed by atoms with Crippen molar-refractivity contribution >= 4 is 17.5 Å². The molecular weight excluding hydrogens is 326 g/mol. The largest absolute Gasteiger partial charge is 0.368 e. The Morgan fingerprint density at radius 3 is 2.04 bits per heavy atom. The highest BCUT2D eigenvalue weighted by Crippen LogP contribution is 2.20. The van der Waals surface area contributed by atoms with Crippen LogP contribution in [0.25, 0.3) is 0 Å². The van der Waals surface area contributed by atoms with E-state index in [9.17, 15) is 9.59 Å². The lowest BCUT2D eigenvalue weighted by atomic mass is 10.1. The second-order valence-electron chi connectivity index (χ2n) is 6.94. The third kappa shape index (κ3) is 3.72. The normalized spacial score (nSPS) is 17.1. The number of para-hydroxylation sites is 1. The molecule has 2 aliphatic rings. The van der Waals surface area contributed by atoms with Crippen LogP contribution in [0.5, 0.6) is 0 Å². The van der Waals surface area contributed by atoms with E-state index >= 15 is 0 Å². The van der Waals surface area contributed by atoms with E-state index in [2.05, 4.69) is 22.3 Å². The number of hydrogen-bond donors (Lipinski definition) is 1. The Bertz CT molecular complexity index is 777. The first-order valence-electron chi connectivity index (χ1n) is 9.21. The van der Waals surface area contributed by atoms with E-state index in [0.29, 0.717) is 30.3 Å². The summed E-state index contributed by atoms with van der Waals surface area (Å²) in [6.07, 6.45) is 2.13. The standard InChI is InChI=1S/C21H23N3O2/c25-20(22-18-10-11-18)16-6-8-17(9-7-16)21(26)24-14-12-23(13-15-24)19-4-2-1-3-5-19/h1-9,18H,10-15H2,(H,22,25). The summed E-state index contributed by atoms with van der Waals surface area (Å²) in [6.45, 7) is 3.07. The molecule has 2 aromatic carbocycles. The van der Waals surface area contributed by atoms with Crippen LogP contribution in [0.4, 0.5) is 5.69 Å². The molecule has 1 saturated heterocycles. The van der Waals surface area contributed by atoms with Gasteiger partial charge < -0.3 is 15.1 Å². The van der Waals surface area contributed by atoms with Gasteiger partial charge in [0, 0.05) is 49.0 Å². The van der Waals surface area contributed by atoms with Crippen LogP contribution in [-0.2, 0) is 0 Å². The van der Waals surface area contributed by atoms with Crippen LogP contribution in [0.15, 0.2) is 54.6 Å². The second kappa shape index (κ2) is 7.20. The molecule has 0 unspecified atom stereocenters. The highest BCUT2D eigenvalue weighted by Gasteiger charge is 2.25. The van der Waals surface area contributed by atoms with Crippen molar-refractivity contribution in [1.29, 1.82) is 0 Å². The highest BCUT2D eigenvalue weighted by molar-refractivity contribution is 5.98. The minimum Gasteiger partial charge on any atom is -0.368 e. The minimum atomic E-state index is -0.0528. The first kappa shape index (κ1) is 16.6. The molecule has 134 valence electrons. The summed E-state index contributed by atoms with van der Waals surface area (Å²) in [4.78, 5) is 28.9. The molecule has 26 heavy (non-hydrogen) atoms. The fraction of sp³-hybridized carbons (Fsp3) is 0.333. The number of amides is 2. The van der Waals surface area contributed by atoms with E-state index in [1.54, 1.807) is 24.3 Å². The van der Waals surface area contributed by atoms with Crippen LogP contribution >= 0.6 is 0 Å². The maximum Gasteiger partial charge on any atom is 0.253 e. The van der Waals surface area contributed by atoms with Gasteiger partial charge >= 0.3 is 0 Å². The molecule has 2 aromatic rings. The zero-order valence-corrected chi connectivity index (χ0v) is 14.7. The van der Waals surface area contributed by atoms with Crippen molar-refractivity contribution in [2.75, 3.05) is 31.1 Å². The zero-order valence-electron chi connectivity index (χ0n) is 14.7. The Hall–Kier alpha value is -2.82. The number of piperazine rings is 1. The monoisotopic (exact) mass is 349 g/mol. The molecule has 1 heterocycles. The third-order valence-electron chi connectivity index (χ3n) is 4.99. The molecule has 1 saturated carbocycles. The van der Waals surface area contributed by atoms with Crippen molar-refractivity contribution in [2.45, 2.75) is 18.9 Å². The molecule has 1 aliphatic heterocycles. The predicted octanol–water partition coefficient (Wildman–Crippen LogP) is 2.54. The SMILES string of the molecule is O=C(NC1CC1)c1ccc(C(=O)N2CCN(c3ccccc3)CC2)cc1. The van der Waals surface area contributed by atoms with Gasteiger partial charge in [-0.05, 0) is 49.2 Å². The summed E-state index contributed by atoms with van der Waals surface area (Å²) in [7, 11) is 0. The minimum absolute atomic E-state index is 0.0341. The van der Waals surface area contributed by atoms with Crippen LogP contribution in [0.1, 0.15) is 33.6 Å². The van der Waals surface area contributed by atoms with Gasteiger partial charge in [-0.1, -0.05) is 18.2 Å². The van der Waals surface area contributed by atoms with Gasteiger partial charge in [-0.2, -0.15) is 0 Å². The quantitative estimate of drug-likeness (QED) is 0.923. The molecule has 1 aliphatic carbocycles. The lowest BCUT2D eigenvalue weighted by molar-refractivity contribution is 0.0746. The zero-order chi connectivity index (χ0) is 17.9. The molecule has 0 bridgehead atoms. The van der Waals surface area contributed by atoms with Gasteiger partial charge in [0.05, 0.1) is 0 Å². The fourth-order valence-electron chi connectivity index (χ4n) is 3.25. The summed E-state index contributed by atoms with van der Waals surface area (Å²) in [5.74, 6) is -0.0187. The summed E-state index contributed by atoms with van der Waals surface area (Å²) >= 11 is 0. The van der Waals surface area contributed by atoms with Crippen molar-refractivity contribution in [2.24, 2.45) is 0 Å². The lowest BCUT2D eigenvalue weighted by Crippen LogP contribution is -2.48. The number of hydrogen-bond acceptors (Lipinski definition) is 3. The Balaban J connectivity index is 1.35. The Morgan fingerprint density at radius 1 is 0.808 bits per heavy atom. The van der Waals surface area contributed by atoms with Crippen molar-refractivity contribution in [1.82, 2.24) is 10.2 Å². The molecule has 0 aromatic heterocycles. The number of rotatable bonds is 4. The second-order valence-corrected chi connectivity index (χ2v) is 6.94. The van der Waals surface area contributed by atoms with Gasteiger partial charge in [0.15, 0.2) is 0 Å². The molecule has 2 fully saturated rings. The number of carbonyl (C=O) groups excluding carboxylic acids is 2.